The average molecular weight is 267 g/mol. The van der Waals surface area contributed by atoms with Gasteiger partial charge in [-0.05, 0) is 25.0 Å². The van der Waals surface area contributed by atoms with Crippen LogP contribution in [0.25, 0.3) is 0 Å². The first-order valence-corrected chi connectivity index (χ1v) is 6.42. The number of benzene rings is 1. The summed E-state index contributed by atoms with van der Waals surface area (Å²) < 4.78 is 13.4. The van der Waals surface area contributed by atoms with E-state index >= 15 is 0 Å². The molecule has 0 spiro atoms. The van der Waals surface area contributed by atoms with Crippen molar-refractivity contribution in [3.05, 3.63) is 35.6 Å². The van der Waals surface area contributed by atoms with Crippen molar-refractivity contribution in [1.29, 1.82) is 0 Å². The highest BCUT2D eigenvalue weighted by atomic mass is 19.1. The van der Waals surface area contributed by atoms with Crippen LogP contribution in [0.1, 0.15) is 12.5 Å². The van der Waals surface area contributed by atoms with E-state index in [2.05, 4.69) is 10.6 Å². The summed E-state index contributed by atoms with van der Waals surface area (Å²) in [5.41, 5.74) is 0.708. The summed E-state index contributed by atoms with van der Waals surface area (Å²) in [4.78, 5) is 12.7. The number of amides is 2. The average Bonchev–Trinajstić information content (AvgIpc) is 2.37. The molecule has 4 nitrogen and oxygen atoms in total. The number of nitrogens with one attached hydrogen (secondary N) is 2. The first-order valence-electron chi connectivity index (χ1n) is 6.42. The highest BCUT2D eigenvalue weighted by Crippen LogP contribution is 2.08. The molecule has 1 atom stereocenters. The number of halogens is 1. The molecule has 0 aromatic heterocycles. The zero-order chi connectivity index (χ0) is 14.3. The van der Waals surface area contributed by atoms with E-state index in [0.29, 0.717) is 25.1 Å². The van der Waals surface area contributed by atoms with E-state index in [1.54, 1.807) is 26.2 Å². The molecule has 1 unspecified atom stereocenters. The number of hydrogen-bond donors (Lipinski definition) is 2. The van der Waals surface area contributed by atoms with Gasteiger partial charge in [-0.2, -0.15) is 0 Å². The Labute approximate surface area is 114 Å². The molecule has 2 amide bonds. The van der Waals surface area contributed by atoms with Crippen molar-refractivity contribution >= 4 is 6.03 Å². The number of nitrogens with zero attached hydrogens (tertiary/aromatic N) is 1. The maximum absolute atomic E-state index is 13.4. The van der Waals surface area contributed by atoms with Crippen LogP contribution in [0.2, 0.25) is 0 Å². The van der Waals surface area contributed by atoms with Gasteiger partial charge in [-0.3, -0.25) is 0 Å². The Kier molecular flexibility index (Phi) is 6.29. The Morgan fingerprint density at radius 1 is 1.32 bits per heavy atom. The van der Waals surface area contributed by atoms with Crippen molar-refractivity contribution in [2.24, 2.45) is 0 Å². The van der Waals surface area contributed by atoms with Crippen molar-refractivity contribution in [3.63, 3.8) is 0 Å². The summed E-state index contributed by atoms with van der Waals surface area (Å²) in [6.07, 6.45) is 0.633. The van der Waals surface area contributed by atoms with Crippen molar-refractivity contribution in [2.75, 3.05) is 27.2 Å². The Morgan fingerprint density at radius 2 is 2.00 bits per heavy atom. The van der Waals surface area contributed by atoms with Crippen LogP contribution >= 0.6 is 0 Å². The number of hydrogen-bond acceptors (Lipinski definition) is 2. The summed E-state index contributed by atoms with van der Waals surface area (Å²) >= 11 is 0. The Hall–Kier alpha value is -1.62. The van der Waals surface area contributed by atoms with Crippen LogP contribution in [0.3, 0.4) is 0 Å². The molecule has 1 rings (SSSR count). The van der Waals surface area contributed by atoms with Gasteiger partial charge in [0.25, 0.3) is 0 Å². The Morgan fingerprint density at radius 3 is 2.63 bits per heavy atom. The maximum atomic E-state index is 13.4. The third-order valence-electron chi connectivity index (χ3n) is 2.78. The topological polar surface area (TPSA) is 44.4 Å². The van der Waals surface area contributed by atoms with Gasteiger partial charge in [-0.15, -0.1) is 0 Å². The highest BCUT2D eigenvalue weighted by molar-refractivity contribution is 5.73. The van der Waals surface area contributed by atoms with Gasteiger partial charge in [-0.25, -0.2) is 9.18 Å². The van der Waals surface area contributed by atoms with E-state index in [0.717, 1.165) is 0 Å². The third kappa shape index (κ3) is 5.70. The van der Waals surface area contributed by atoms with E-state index in [-0.39, 0.29) is 17.9 Å². The lowest BCUT2D eigenvalue weighted by atomic mass is 10.1. The summed E-state index contributed by atoms with van der Waals surface area (Å²) in [7, 11) is 3.40. The second-order valence-electron chi connectivity index (χ2n) is 4.78. The lowest BCUT2D eigenvalue weighted by molar-refractivity contribution is 0.217. The number of rotatable bonds is 6. The molecule has 0 aliphatic heterocycles. The first-order chi connectivity index (χ1) is 9.00. The number of carbonyl (C=O) groups excluding carboxylic acids is 1. The van der Waals surface area contributed by atoms with Crippen LogP contribution in [0.4, 0.5) is 9.18 Å². The fourth-order valence-corrected chi connectivity index (χ4v) is 1.71. The van der Waals surface area contributed by atoms with Crippen LogP contribution < -0.4 is 10.6 Å². The molecule has 0 saturated heterocycles. The molecule has 0 fully saturated rings. The van der Waals surface area contributed by atoms with E-state index < -0.39 is 0 Å². The molecule has 19 heavy (non-hydrogen) atoms. The normalized spacial score (nSPS) is 12.0. The molecule has 5 heteroatoms. The van der Waals surface area contributed by atoms with Crippen LogP contribution in [-0.4, -0.2) is 44.2 Å². The van der Waals surface area contributed by atoms with Gasteiger partial charge in [0.1, 0.15) is 5.82 Å². The Bertz CT molecular complexity index is 409. The molecule has 0 saturated carbocycles. The highest BCUT2D eigenvalue weighted by Gasteiger charge is 2.07. The fourth-order valence-electron chi connectivity index (χ4n) is 1.71. The molecule has 1 aromatic rings. The minimum absolute atomic E-state index is 0.108. The van der Waals surface area contributed by atoms with Crippen LogP contribution in [-0.2, 0) is 6.42 Å². The second-order valence-corrected chi connectivity index (χ2v) is 4.78. The number of urea groups is 1. The lowest BCUT2D eigenvalue weighted by Gasteiger charge is -2.16. The van der Waals surface area contributed by atoms with Gasteiger partial charge < -0.3 is 15.5 Å². The molecule has 2 N–H and O–H groups in total. The minimum Gasteiger partial charge on any atom is -0.337 e. The molecule has 0 aliphatic carbocycles. The minimum atomic E-state index is -0.169. The van der Waals surface area contributed by atoms with Crippen molar-refractivity contribution in [3.8, 4) is 0 Å². The molecular formula is C14H22FN3O. The molecule has 0 radical (unpaired) electrons. The van der Waals surface area contributed by atoms with Crippen molar-refractivity contribution in [1.82, 2.24) is 15.5 Å². The lowest BCUT2D eigenvalue weighted by Crippen LogP contribution is -2.40. The summed E-state index contributed by atoms with van der Waals surface area (Å²) in [5.74, 6) is -0.169. The smallest absolute Gasteiger partial charge is 0.316 e. The van der Waals surface area contributed by atoms with Gasteiger partial charge in [0.15, 0.2) is 0 Å². The first kappa shape index (κ1) is 15.4. The largest absolute Gasteiger partial charge is 0.337 e. The molecule has 0 bridgehead atoms. The zero-order valence-corrected chi connectivity index (χ0v) is 11.7. The van der Waals surface area contributed by atoms with Crippen LogP contribution in [0.5, 0.6) is 0 Å². The molecule has 106 valence electrons. The summed E-state index contributed by atoms with van der Waals surface area (Å²) in [5, 5.41) is 6.02. The SMILES string of the molecule is CC(Cc1ccccc1F)NCCNC(=O)N(C)C. The fraction of sp³-hybridized carbons (Fsp3) is 0.500. The predicted octanol–water partition coefficient (Wildman–Crippen LogP) is 1.62. The monoisotopic (exact) mass is 267 g/mol. The van der Waals surface area contributed by atoms with E-state index in [4.69, 9.17) is 0 Å². The van der Waals surface area contributed by atoms with Gasteiger partial charge in [0.2, 0.25) is 0 Å². The van der Waals surface area contributed by atoms with Gasteiger partial charge in [-0.1, -0.05) is 18.2 Å². The van der Waals surface area contributed by atoms with E-state index in [1.165, 1.54) is 11.0 Å². The van der Waals surface area contributed by atoms with Crippen molar-refractivity contribution < 1.29 is 9.18 Å². The zero-order valence-electron chi connectivity index (χ0n) is 11.7. The maximum Gasteiger partial charge on any atom is 0.316 e. The van der Waals surface area contributed by atoms with Crippen LogP contribution in [0.15, 0.2) is 24.3 Å². The Balaban J connectivity index is 2.23. The van der Waals surface area contributed by atoms with E-state index in [1.807, 2.05) is 13.0 Å². The standard InChI is InChI=1S/C14H22FN3O/c1-11(10-12-6-4-5-7-13(12)15)16-8-9-17-14(19)18(2)3/h4-7,11,16H,8-10H2,1-3H3,(H,17,19). The second kappa shape index (κ2) is 7.74. The summed E-state index contributed by atoms with van der Waals surface area (Å²) in [6, 6.07) is 6.84. The van der Waals surface area contributed by atoms with Gasteiger partial charge in [0.05, 0.1) is 0 Å². The van der Waals surface area contributed by atoms with Crippen LogP contribution in [0, 0.1) is 5.82 Å². The molecule has 1 aromatic carbocycles. The summed E-state index contributed by atoms with van der Waals surface area (Å²) in [6.45, 7) is 3.22. The third-order valence-corrected chi connectivity index (χ3v) is 2.78. The molecular weight excluding hydrogens is 245 g/mol. The molecule has 0 aliphatic rings. The quantitative estimate of drug-likeness (QED) is 0.769. The number of carbonyl (C=O) groups is 1. The van der Waals surface area contributed by atoms with Gasteiger partial charge >= 0.3 is 6.03 Å². The van der Waals surface area contributed by atoms with E-state index in [9.17, 15) is 9.18 Å². The van der Waals surface area contributed by atoms with Crippen molar-refractivity contribution in [2.45, 2.75) is 19.4 Å². The predicted molar refractivity (Wildman–Crippen MR) is 74.7 cm³/mol. The van der Waals surface area contributed by atoms with Gasteiger partial charge in [0, 0.05) is 33.2 Å². The molecule has 0 heterocycles.